The topological polar surface area (TPSA) is 39.1 Å². The third-order valence-electron chi connectivity index (χ3n) is 4.79. The van der Waals surface area contributed by atoms with Crippen molar-refractivity contribution in [2.75, 3.05) is 0 Å². The molecule has 1 heterocycles. The molecule has 0 amide bonds. The van der Waals surface area contributed by atoms with E-state index in [4.69, 9.17) is 0 Å². The lowest BCUT2D eigenvalue weighted by molar-refractivity contribution is 0.102. The normalized spacial score (nSPS) is 22.2. The molecule has 0 saturated carbocycles. The monoisotopic (exact) mass is 319 g/mol. The van der Waals surface area contributed by atoms with Crippen molar-refractivity contribution in [1.29, 1.82) is 5.26 Å². The molecule has 0 aromatic heterocycles. The maximum absolute atomic E-state index is 9.49. The molecule has 1 N–H and O–H groups in total. The predicted molar refractivity (Wildman–Crippen MR) is 96.9 cm³/mol. The summed E-state index contributed by atoms with van der Waals surface area (Å²) < 4.78 is 0. The minimum absolute atomic E-state index is 0.134. The van der Waals surface area contributed by atoms with Crippen LogP contribution in [0.2, 0.25) is 0 Å². The number of nitrogens with one attached hydrogen (secondary N) is 1. The van der Waals surface area contributed by atoms with E-state index >= 15 is 0 Å². The Morgan fingerprint density at radius 3 is 1.92 bits per heavy atom. The van der Waals surface area contributed by atoms with E-state index in [0.29, 0.717) is 12.1 Å². The lowest BCUT2D eigenvalue weighted by Crippen LogP contribution is -2.45. The fraction of sp³-hybridized carbons (Fsp3) is 0.381. The molecular weight excluding hydrogens is 294 g/mol. The average Bonchev–Trinajstić information content (AvgIpc) is 3.06. The number of nitriles is 1. The van der Waals surface area contributed by atoms with Gasteiger partial charge >= 0.3 is 0 Å². The molecule has 24 heavy (non-hydrogen) atoms. The van der Waals surface area contributed by atoms with Crippen LogP contribution in [0, 0.1) is 11.3 Å². The number of hydrogen-bond donors (Lipinski definition) is 1. The van der Waals surface area contributed by atoms with Crippen LogP contribution >= 0.6 is 0 Å². The maximum atomic E-state index is 9.49. The van der Waals surface area contributed by atoms with Crippen LogP contribution in [0.5, 0.6) is 0 Å². The van der Waals surface area contributed by atoms with Gasteiger partial charge in [-0.05, 0) is 30.4 Å². The molecule has 2 aromatic carbocycles. The first-order chi connectivity index (χ1) is 11.8. The standard InChI is InChI=1S/C21H25N3/c1-2-9-19(16-22)23-24-20(17-10-5-3-6-11-17)14-15-21(24)18-12-7-4-8-13-18/h3-8,10-13,19-21,23H,2,9,14-15H2,1H3/t19-,20+,21+/m1/s1. The Morgan fingerprint density at radius 2 is 1.50 bits per heavy atom. The van der Waals surface area contributed by atoms with E-state index in [1.807, 2.05) is 0 Å². The number of rotatable bonds is 6. The van der Waals surface area contributed by atoms with Gasteiger partial charge in [0.1, 0.15) is 6.04 Å². The highest BCUT2D eigenvalue weighted by atomic mass is 15.6. The van der Waals surface area contributed by atoms with E-state index in [2.05, 4.69) is 84.1 Å². The van der Waals surface area contributed by atoms with E-state index in [0.717, 1.165) is 25.7 Å². The average molecular weight is 319 g/mol. The van der Waals surface area contributed by atoms with Gasteiger partial charge in [0, 0.05) is 0 Å². The molecule has 124 valence electrons. The third-order valence-corrected chi connectivity index (χ3v) is 4.79. The molecule has 3 atom stereocenters. The second-order valence-electron chi connectivity index (χ2n) is 6.44. The minimum atomic E-state index is -0.134. The van der Waals surface area contributed by atoms with E-state index in [9.17, 15) is 5.26 Å². The molecule has 3 rings (SSSR count). The van der Waals surface area contributed by atoms with Gasteiger partial charge in [-0.15, -0.1) is 0 Å². The van der Waals surface area contributed by atoms with E-state index in [1.165, 1.54) is 11.1 Å². The lowest BCUT2D eigenvalue weighted by Gasteiger charge is -2.33. The maximum Gasteiger partial charge on any atom is 0.108 e. The van der Waals surface area contributed by atoms with Crippen LogP contribution in [-0.4, -0.2) is 11.1 Å². The lowest BCUT2D eigenvalue weighted by atomic mass is 10.0. The van der Waals surface area contributed by atoms with Crippen molar-refractivity contribution in [3.63, 3.8) is 0 Å². The van der Waals surface area contributed by atoms with Crippen molar-refractivity contribution >= 4 is 0 Å². The molecule has 2 aromatic rings. The molecule has 1 aliphatic rings. The molecule has 1 fully saturated rings. The van der Waals surface area contributed by atoms with Crippen LogP contribution < -0.4 is 5.43 Å². The Hall–Kier alpha value is -2.15. The number of benzene rings is 2. The van der Waals surface area contributed by atoms with Crippen molar-refractivity contribution in [2.45, 2.75) is 50.7 Å². The Morgan fingerprint density at radius 1 is 1.00 bits per heavy atom. The Kier molecular flexibility index (Phi) is 5.63. The molecule has 0 spiro atoms. The summed E-state index contributed by atoms with van der Waals surface area (Å²) in [5, 5.41) is 11.8. The Labute approximate surface area is 144 Å². The summed E-state index contributed by atoms with van der Waals surface area (Å²) in [5.41, 5.74) is 6.17. The zero-order valence-electron chi connectivity index (χ0n) is 14.2. The second-order valence-corrected chi connectivity index (χ2v) is 6.44. The van der Waals surface area contributed by atoms with Crippen molar-refractivity contribution in [3.05, 3.63) is 71.8 Å². The van der Waals surface area contributed by atoms with Crippen LogP contribution in [0.3, 0.4) is 0 Å². The summed E-state index contributed by atoms with van der Waals surface area (Å²) in [6, 6.07) is 24.1. The summed E-state index contributed by atoms with van der Waals surface area (Å²) in [6.07, 6.45) is 4.07. The van der Waals surface area contributed by atoms with E-state index in [1.54, 1.807) is 0 Å². The first kappa shape index (κ1) is 16.7. The Bertz CT molecular complexity index is 615. The fourth-order valence-corrected chi connectivity index (χ4v) is 3.62. The largest absolute Gasteiger partial charge is 0.237 e. The van der Waals surface area contributed by atoms with Crippen LogP contribution in [0.25, 0.3) is 0 Å². The van der Waals surface area contributed by atoms with Gasteiger partial charge in [-0.25, -0.2) is 10.4 Å². The van der Waals surface area contributed by atoms with Crippen LogP contribution in [0.1, 0.15) is 55.8 Å². The van der Waals surface area contributed by atoms with E-state index < -0.39 is 0 Å². The van der Waals surface area contributed by atoms with Gasteiger partial charge in [0.05, 0.1) is 18.2 Å². The van der Waals surface area contributed by atoms with Crippen molar-refractivity contribution in [3.8, 4) is 6.07 Å². The van der Waals surface area contributed by atoms with Gasteiger partial charge in [-0.1, -0.05) is 74.0 Å². The third kappa shape index (κ3) is 3.67. The number of nitrogens with zero attached hydrogens (tertiary/aromatic N) is 2. The highest BCUT2D eigenvalue weighted by Crippen LogP contribution is 2.42. The molecule has 3 nitrogen and oxygen atoms in total. The molecule has 1 aliphatic heterocycles. The second kappa shape index (κ2) is 8.10. The highest BCUT2D eigenvalue weighted by molar-refractivity contribution is 5.25. The molecule has 0 unspecified atom stereocenters. The van der Waals surface area contributed by atoms with Gasteiger partial charge in [-0.3, -0.25) is 0 Å². The van der Waals surface area contributed by atoms with Gasteiger partial charge in [0.25, 0.3) is 0 Å². The molecule has 1 saturated heterocycles. The van der Waals surface area contributed by atoms with Crippen LogP contribution in [0.4, 0.5) is 0 Å². The molecule has 0 radical (unpaired) electrons. The highest BCUT2D eigenvalue weighted by Gasteiger charge is 2.36. The minimum Gasteiger partial charge on any atom is -0.237 e. The summed E-state index contributed by atoms with van der Waals surface area (Å²) in [4.78, 5) is 0. The molecule has 3 heteroatoms. The number of hydrogen-bond acceptors (Lipinski definition) is 3. The quantitative estimate of drug-likeness (QED) is 0.834. The summed E-state index contributed by atoms with van der Waals surface area (Å²) in [5.74, 6) is 0. The SMILES string of the molecule is CCC[C@H](C#N)NN1[C@H](c2ccccc2)CC[C@H]1c1ccccc1. The van der Waals surface area contributed by atoms with Crippen molar-refractivity contribution < 1.29 is 0 Å². The first-order valence-electron chi connectivity index (χ1n) is 8.87. The van der Waals surface area contributed by atoms with E-state index in [-0.39, 0.29) is 6.04 Å². The van der Waals surface area contributed by atoms with Gasteiger partial charge < -0.3 is 0 Å². The van der Waals surface area contributed by atoms with Gasteiger partial charge in [0.15, 0.2) is 0 Å². The summed E-state index contributed by atoms with van der Waals surface area (Å²) in [6.45, 7) is 2.12. The predicted octanol–water partition coefficient (Wildman–Crippen LogP) is 4.76. The van der Waals surface area contributed by atoms with Crippen molar-refractivity contribution in [2.24, 2.45) is 0 Å². The zero-order valence-corrected chi connectivity index (χ0v) is 14.2. The molecular formula is C21H25N3. The fourth-order valence-electron chi connectivity index (χ4n) is 3.62. The zero-order chi connectivity index (χ0) is 16.8. The smallest absolute Gasteiger partial charge is 0.108 e. The summed E-state index contributed by atoms with van der Waals surface area (Å²) in [7, 11) is 0. The van der Waals surface area contributed by atoms with Crippen molar-refractivity contribution in [1.82, 2.24) is 10.4 Å². The van der Waals surface area contributed by atoms with Gasteiger partial charge in [-0.2, -0.15) is 5.26 Å². The number of hydrazine groups is 1. The summed E-state index contributed by atoms with van der Waals surface area (Å²) >= 11 is 0. The van der Waals surface area contributed by atoms with Crippen LogP contribution in [-0.2, 0) is 0 Å². The molecule has 0 aliphatic carbocycles. The molecule has 0 bridgehead atoms. The van der Waals surface area contributed by atoms with Crippen LogP contribution in [0.15, 0.2) is 60.7 Å². The Balaban J connectivity index is 1.88. The first-order valence-corrected chi connectivity index (χ1v) is 8.87. The van der Waals surface area contributed by atoms with Gasteiger partial charge in [0.2, 0.25) is 0 Å².